The summed E-state index contributed by atoms with van der Waals surface area (Å²) in [6, 6.07) is 54.0. The summed E-state index contributed by atoms with van der Waals surface area (Å²) in [5, 5.41) is 41.8. The number of rotatable bonds is 14. The first-order valence-electron chi connectivity index (χ1n) is 20.8. The van der Waals surface area contributed by atoms with Crippen LogP contribution in [0.2, 0.25) is 0 Å². The SMILES string of the molecule is CCCC(O)[C@H]1O[C@](n2ccc(N)nc2=O)(C(c2ccccc2)(c2ccccc2)c2ccc(OC)cc2)[C@@](O)(C(c2ccccc2)(c2ccccc2)c2ccc(OC)cc2)[C@@H]1O. The van der Waals surface area contributed by atoms with Crippen LogP contribution in [0.25, 0.3) is 0 Å². The van der Waals surface area contributed by atoms with Gasteiger partial charge in [-0.3, -0.25) is 4.57 Å². The fraction of sp³-hybridized carbons (Fsp3) is 0.231. The molecule has 0 amide bonds. The number of nitrogen functional groups attached to an aromatic ring is 1. The zero-order valence-electron chi connectivity index (χ0n) is 34.9. The minimum Gasteiger partial charge on any atom is -0.497 e. The van der Waals surface area contributed by atoms with Gasteiger partial charge in [0.2, 0.25) is 0 Å². The van der Waals surface area contributed by atoms with Crippen LogP contribution < -0.4 is 20.9 Å². The monoisotopic (exact) mass is 829 g/mol. The van der Waals surface area contributed by atoms with E-state index in [9.17, 15) is 10.2 Å². The number of hydrogen-bond acceptors (Lipinski definition) is 9. The Balaban J connectivity index is 1.73. The van der Waals surface area contributed by atoms with Crippen molar-refractivity contribution in [3.05, 3.63) is 226 Å². The molecule has 0 bridgehead atoms. The van der Waals surface area contributed by atoms with Crippen LogP contribution in [0.5, 0.6) is 11.5 Å². The molecule has 1 aliphatic rings. The number of anilines is 1. The Morgan fingerprint density at radius 1 is 0.661 bits per heavy atom. The molecule has 2 heterocycles. The molecule has 5 atom stereocenters. The van der Waals surface area contributed by atoms with Crippen LogP contribution in [0.3, 0.4) is 0 Å². The highest BCUT2D eigenvalue weighted by atomic mass is 16.6. The molecule has 62 heavy (non-hydrogen) atoms. The maximum absolute atomic E-state index is 15.6. The van der Waals surface area contributed by atoms with E-state index in [4.69, 9.17) is 19.9 Å². The van der Waals surface area contributed by atoms with Gasteiger partial charge in [-0.25, -0.2) is 4.79 Å². The second-order valence-corrected chi connectivity index (χ2v) is 15.7. The number of nitrogens with zero attached hydrogens (tertiary/aromatic N) is 2. The van der Waals surface area contributed by atoms with E-state index < -0.39 is 46.2 Å². The second kappa shape index (κ2) is 17.1. The van der Waals surface area contributed by atoms with E-state index in [1.165, 1.54) is 16.8 Å². The van der Waals surface area contributed by atoms with Crippen molar-refractivity contribution in [1.29, 1.82) is 0 Å². The molecule has 0 aliphatic carbocycles. The highest BCUT2D eigenvalue weighted by molar-refractivity contribution is 5.63. The molecule has 0 saturated carbocycles. The van der Waals surface area contributed by atoms with Gasteiger partial charge in [-0.15, -0.1) is 0 Å². The number of ether oxygens (including phenoxy) is 3. The van der Waals surface area contributed by atoms with E-state index in [-0.39, 0.29) is 12.2 Å². The number of benzene rings is 6. The van der Waals surface area contributed by atoms with Crippen molar-refractivity contribution in [3.63, 3.8) is 0 Å². The number of nitrogens with two attached hydrogens (primary N) is 1. The van der Waals surface area contributed by atoms with Gasteiger partial charge in [-0.05, 0) is 70.1 Å². The van der Waals surface area contributed by atoms with Crippen LogP contribution in [-0.4, -0.2) is 63.0 Å². The minimum absolute atomic E-state index is 0.0620. The number of aliphatic hydroxyl groups excluding tert-OH is 2. The Morgan fingerprint density at radius 3 is 1.44 bits per heavy atom. The van der Waals surface area contributed by atoms with E-state index in [0.717, 1.165) is 0 Å². The van der Waals surface area contributed by atoms with Crippen molar-refractivity contribution >= 4 is 5.82 Å². The molecule has 5 N–H and O–H groups in total. The molecule has 1 aliphatic heterocycles. The lowest BCUT2D eigenvalue weighted by Gasteiger charge is -2.61. The summed E-state index contributed by atoms with van der Waals surface area (Å²) in [6.45, 7) is 1.92. The molecule has 8 rings (SSSR count). The Bertz CT molecular complexity index is 2550. The Hall–Kier alpha value is -6.56. The van der Waals surface area contributed by atoms with Gasteiger partial charge in [0, 0.05) is 6.20 Å². The fourth-order valence-electron chi connectivity index (χ4n) is 10.1. The zero-order chi connectivity index (χ0) is 43.5. The molecule has 0 spiro atoms. The number of aromatic nitrogens is 2. The number of aliphatic hydroxyl groups is 3. The molecule has 10 heteroatoms. The average molecular weight is 830 g/mol. The van der Waals surface area contributed by atoms with Crippen LogP contribution in [0.15, 0.2) is 187 Å². The summed E-state index contributed by atoms with van der Waals surface area (Å²) in [5.74, 6) is 1.05. The molecule has 1 fully saturated rings. The fourth-order valence-corrected chi connectivity index (χ4v) is 10.1. The van der Waals surface area contributed by atoms with Gasteiger partial charge < -0.3 is 35.3 Å². The van der Waals surface area contributed by atoms with Crippen molar-refractivity contribution in [2.75, 3.05) is 20.0 Å². The van der Waals surface area contributed by atoms with E-state index in [0.29, 0.717) is 51.3 Å². The maximum Gasteiger partial charge on any atom is 0.351 e. The Morgan fingerprint density at radius 2 is 1.05 bits per heavy atom. The van der Waals surface area contributed by atoms with Crippen LogP contribution >= 0.6 is 0 Å². The first-order chi connectivity index (χ1) is 30.1. The summed E-state index contributed by atoms with van der Waals surface area (Å²) in [7, 11) is 3.16. The first kappa shape index (κ1) is 42.1. The molecule has 1 saturated heterocycles. The summed E-state index contributed by atoms with van der Waals surface area (Å²) >= 11 is 0. The largest absolute Gasteiger partial charge is 0.497 e. The van der Waals surface area contributed by atoms with E-state index in [1.54, 1.807) is 26.4 Å². The van der Waals surface area contributed by atoms with Crippen molar-refractivity contribution in [1.82, 2.24) is 9.55 Å². The second-order valence-electron chi connectivity index (χ2n) is 15.7. The zero-order valence-corrected chi connectivity index (χ0v) is 34.9. The third-order valence-electron chi connectivity index (χ3n) is 12.6. The number of hydrogen-bond donors (Lipinski definition) is 4. The summed E-state index contributed by atoms with van der Waals surface area (Å²) in [5.41, 5.74) is -0.0362. The van der Waals surface area contributed by atoms with Crippen molar-refractivity contribution in [2.24, 2.45) is 0 Å². The molecule has 10 nitrogen and oxygen atoms in total. The van der Waals surface area contributed by atoms with Gasteiger partial charge in [0.1, 0.15) is 29.5 Å². The smallest absolute Gasteiger partial charge is 0.351 e. The molecular weight excluding hydrogens is 779 g/mol. The molecule has 7 aromatic rings. The van der Waals surface area contributed by atoms with Crippen molar-refractivity contribution in [2.45, 2.75) is 60.2 Å². The van der Waals surface area contributed by atoms with Gasteiger partial charge in [0.05, 0.1) is 31.2 Å². The normalized spacial score (nSPS) is 20.7. The summed E-state index contributed by atoms with van der Waals surface area (Å²) < 4.78 is 20.3. The summed E-state index contributed by atoms with van der Waals surface area (Å²) in [4.78, 5) is 19.6. The Labute approximate surface area is 361 Å². The van der Waals surface area contributed by atoms with E-state index in [1.807, 2.05) is 165 Å². The van der Waals surface area contributed by atoms with Gasteiger partial charge in [0.15, 0.2) is 11.3 Å². The molecule has 316 valence electrons. The first-order valence-corrected chi connectivity index (χ1v) is 20.8. The quantitative estimate of drug-likeness (QED) is 0.0835. The van der Waals surface area contributed by atoms with Crippen LogP contribution in [0, 0.1) is 0 Å². The molecule has 1 unspecified atom stereocenters. The van der Waals surface area contributed by atoms with Crippen molar-refractivity contribution in [3.8, 4) is 11.5 Å². The van der Waals surface area contributed by atoms with Gasteiger partial charge in [-0.2, -0.15) is 4.98 Å². The maximum atomic E-state index is 15.6. The van der Waals surface area contributed by atoms with Crippen LogP contribution in [0.1, 0.15) is 53.1 Å². The van der Waals surface area contributed by atoms with E-state index >= 15 is 9.90 Å². The lowest BCUT2D eigenvalue weighted by molar-refractivity contribution is -0.244. The molecule has 0 radical (unpaired) electrons. The van der Waals surface area contributed by atoms with Crippen molar-refractivity contribution < 1.29 is 29.5 Å². The van der Waals surface area contributed by atoms with Crippen LogP contribution in [0.4, 0.5) is 5.82 Å². The van der Waals surface area contributed by atoms with E-state index in [2.05, 4.69) is 4.98 Å². The highest BCUT2D eigenvalue weighted by Gasteiger charge is 2.82. The highest BCUT2D eigenvalue weighted by Crippen LogP contribution is 2.68. The standard InChI is InChI=1S/C52H51N3O7/c1-4-17-44(56)46-47(57)51(59,49(36-18-9-5-10-19-36,37-20-11-6-12-21-37)40-26-30-42(60-2)31-27-40)52(62-46,55-35-34-45(53)54-48(55)58)50(38-22-13-7-14-23-38,39-24-15-8-16-25-39)41-28-32-43(61-3)33-29-41/h5-16,18-35,44,46-47,56-57,59H,4,17H2,1-3H3,(H2,53,54,58)/t44?,46-,47-,51+,52-/m1/s1. The lowest BCUT2D eigenvalue weighted by atomic mass is 9.47. The summed E-state index contributed by atoms with van der Waals surface area (Å²) in [6.07, 6.45) is -2.58. The predicted octanol–water partition coefficient (Wildman–Crippen LogP) is 7.22. The molecule has 1 aromatic heterocycles. The van der Waals surface area contributed by atoms with Gasteiger partial charge in [-0.1, -0.05) is 159 Å². The minimum atomic E-state index is -2.70. The Kier molecular flexibility index (Phi) is 11.6. The van der Waals surface area contributed by atoms with Gasteiger partial charge in [0.25, 0.3) is 0 Å². The molecule has 6 aromatic carbocycles. The third kappa shape index (κ3) is 6.24. The van der Waals surface area contributed by atoms with Gasteiger partial charge >= 0.3 is 5.69 Å². The lowest BCUT2D eigenvalue weighted by Crippen LogP contribution is -2.77. The number of methoxy groups -OCH3 is 2. The third-order valence-corrected chi connectivity index (χ3v) is 12.6. The molecular formula is C52H51N3O7. The predicted molar refractivity (Wildman–Crippen MR) is 239 cm³/mol. The van der Waals surface area contributed by atoms with Crippen LogP contribution in [-0.2, 0) is 21.3 Å². The average Bonchev–Trinajstić information content (AvgIpc) is 3.56. The topological polar surface area (TPSA) is 149 Å².